The van der Waals surface area contributed by atoms with Crippen LogP contribution in [0.5, 0.6) is 0 Å². The minimum atomic E-state index is 0.0766. The molecule has 1 aliphatic heterocycles. The number of hydrogen-bond donors (Lipinski definition) is 0. The van der Waals surface area contributed by atoms with Gasteiger partial charge in [0.25, 0.3) is 0 Å². The Bertz CT molecular complexity index is 250. The molecule has 1 heterocycles. The third-order valence-electron chi connectivity index (χ3n) is 3.54. The van der Waals surface area contributed by atoms with Crippen LogP contribution in [0.15, 0.2) is 0 Å². The van der Waals surface area contributed by atoms with Crippen molar-refractivity contribution < 1.29 is 4.79 Å². The van der Waals surface area contributed by atoms with Crippen LogP contribution in [0.1, 0.15) is 66.7 Å². The topological polar surface area (TPSA) is 20.3 Å². The number of carbonyl (C=O) groups excluding carboxylic acids is 1. The van der Waals surface area contributed by atoms with Gasteiger partial charge in [-0.15, -0.1) is 0 Å². The predicted molar refractivity (Wildman–Crippen MR) is 68.3 cm³/mol. The molecule has 0 spiro atoms. The van der Waals surface area contributed by atoms with E-state index in [0.717, 1.165) is 19.4 Å². The average Bonchev–Trinajstić information content (AvgIpc) is 2.12. The van der Waals surface area contributed by atoms with Crippen LogP contribution < -0.4 is 0 Å². The summed E-state index contributed by atoms with van der Waals surface area (Å²) in [5.41, 5.74) is 0.336. The van der Waals surface area contributed by atoms with Crippen molar-refractivity contribution in [3.05, 3.63) is 0 Å². The van der Waals surface area contributed by atoms with Gasteiger partial charge in [-0.25, -0.2) is 0 Å². The van der Waals surface area contributed by atoms with E-state index in [4.69, 9.17) is 0 Å². The summed E-state index contributed by atoms with van der Waals surface area (Å²) in [4.78, 5) is 14.3. The molecule has 0 aromatic carbocycles. The van der Waals surface area contributed by atoms with E-state index in [1.54, 1.807) is 0 Å². The van der Waals surface area contributed by atoms with Crippen LogP contribution in [-0.4, -0.2) is 22.9 Å². The Hall–Kier alpha value is -0.530. The Labute approximate surface area is 100 Å². The van der Waals surface area contributed by atoms with Crippen LogP contribution in [-0.2, 0) is 4.79 Å². The second-order valence-electron chi connectivity index (χ2n) is 6.88. The van der Waals surface area contributed by atoms with Gasteiger partial charge in [0.2, 0.25) is 5.91 Å². The maximum Gasteiger partial charge on any atom is 0.223 e. The van der Waals surface area contributed by atoms with Crippen molar-refractivity contribution >= 4 is 5.91 Å². The van der Waals surface area contributed by atoms with E-state index in [9.17, 15) is 4.79 Å². The van der Waals surface area contributed by atoms with Crippen molar-refractivity contribution in [2.75, 3.05) is 6.54 Å². The summed E-state index contributed by atoms with van der Waals surface area (Å²) >= 11 is 0. The lowest BCUT2D eigenvalue weighted by Gasteiger charge is -2.43. The minimum absolute atomic E-state index is 0.0766. The van der Waals surface area contributed by atoms with Gasteiger partial charge >= 0.3 is 0 Å². The van der Waals surface area contributed by atoms with Gasteiger partial charge in [0.1, 0.15) is 0 Å². The molecule has 1 amide bonds. The Kier molecular flexibility index (Phi) is 4.03. The molecule has 1 saturated heterocycles. The van der Waals surface area contributed by atoms with Gasteiger partial charge in [-0.1, -0.05) is 20.8 Å². The van der Waals surface area contributed by atoms with E-state index in [2.05, 4.69) is 39.5 Å². The zero-order valence-electron chi connectivity index (χ0n) is 11.6. The first-order valence-corrected chi connectivity index (χ1v) is 6.53. The summed E-state index contributed by atoms with van der Waals surface area (Å²) in [5.74, 6) is 0.347. The van der Waals surface area contributed by atoms with Crippen LogP contribution >= 0.6 is 0 Å². The molecule has 2 nitrogen and oxygen atoms in total. The molecule has 0 bridgehead atoms. The van der Waals surface area contributed by atoms with Crippen molar-refractivity contribution in [2.24, 2.45) is 5.41 Å². The lowest BCUT2D eigenvalue weighted by atomic mass is 9.87. The zero-order chi connectivity index (χ0) is 12.4. The van der Waals surface area contributed by atoms with Gasteiger partial charge in [0, 0.05) is 18.5 Å². The molecule has 0 N–H and O–H groups in total. The van der Waals surface area contributed by atoms with E-state index in [1.165, 1.54) is 12.8 Å². The van der Waals surface area contributed by atoms with E-state index in [1.807, 2.05) is 0 Å². The molecule has 0 radical (unpaired) electrons. The quantitative estimate of drug-likeness (QED) is 0.703. The number of piperidine rings is 1. The van der Waals surface area contributed by atoms with Crippen molar-refractivity contribution in [3.8, 4) is 0 Å². The molecule has 2 heteroatoms. The fraction of sp³-hybridized carbons (Fsp3) is 0.929. The molecule has 1 fully saturated rings. The molecule has 1 rings (SSSR count). The highest BCUT2D eigenvalue weighted by molar-refractivity contribution is 5.77. The molecule has 16 heavy (non-hydrogen) atoms. The summed E-state index contributed by atoms with van der Waals surface area (Å²) in [6, 6.07) is 0. The van der Waals surface area contributed by atoms with Crippen LogP contribution in [0.3, 0.4) is 0 Å². The van der Waals surface area contributed by atoms with Crippen molar-refractivity contribution in [1.82, 2.24) is 4.90 Å². The van der Waals surface area contributed by atoms with Gasteiger partial charge < -0.3 is 4.90 Å². The van der Waals surface area contributed by atoms with E-state index in [0.29, 0.717) is 12.3 Å². The third kappa shape index (κ3) is 3.80. The summed E-state index contributed by atoms with van der Waals surface area (Å²) in [6.07, 6.45) is 5.26. The number of rotatable bonds is 2. The van der Waals surface area contributed by atoms with Crippen LogP contribution in [0.4, 0.5) is 0 Å². The van der Waals surface area contributed by atoms with Crippen LogP contribution in [0, 0.1) is 5.41 Å². The number of amides is 1. The molecule has 0 atom stereocenters. The summed E-state index contributed by atoms with van der Waals surface area (Å²) in [5, 5.41) is 0. The second-order valence-corrected chi connectivity index (χ2v) is 6.88. The highest BCUT2D eigenvalue weighted by atomic mass is 16.2. The maximum atomic E-state index is 12.2. The van der Waals surface area contributed by atoms with Crippen molar-refractivity contribution in [2.45, 2.75) is 72.3 Å². The summed E-state index contributed by atoms with van der Waals surface area (Å²) < 4.78 is 0. The summed E-state index contributed by atoms with van der Waals surface area (Å²) in [7, 11) is 0. The van der Waals surface area contributed by atoms with Gasteiger partial charge in [-0.3, -0.25) is 4.79 Å². The van der Waals surface area contributed by atoms with Gasteiger partial charge in [-0.05, 0) is 44.9 Å². The van der Waals surface area contributed by atoms with E-state index < -0.39 is 0 Å². The fourth-order valence-corrected chi connectivity index (χ4v) is 2.34. The predicted octanol–water partition coefficient (Wildman–Crippen LogP) is 3.60. The first kappa shape index (κ1) is 13.5. The minimum Gasteiger partial charge on any atom is -0.338 e. The van der Waals surface area contributed by atoms with Gasteiger partial charge in [0.05, 0.1) is 0 Å². The molecule has 0 aromatic heterocycles. The molecule has 1 aliphatic rings. The molecule has 94 valence electrons. The lowest BCUT2D eigenvalue weighted by molar-refractivity contribution is -0.139. The number of carbonyl (C=O) groups is 1. The number of hydrogen-bond acceptors (Lipinski definition) is 1. The molecule has 0 saturated carbocycles. The zero-order valence-corrected chi connectivity index (χ0v) is 11.6. The van der Waals surface area contributed by atoms with Gasteiger partial charge in [-0.2, -0.15) is 0 Å². The van der Waals surface area contributed by atoms with Gasteiger partial charge in [0.15, 0.2) is 0 Å². The number of nitrogens with zero attached hydrogens (tertiary/aromatic N) is 1. The summed E-state index contributed by atoms with van der Waals surface area (Å²) in [6.45, 7) is 11.9. The monoisotopic (exact) mass is 225 g/mol. The normalized spacial score (nSPS) is 20.9. The van der Waals surface area contributed by atoms with E-state index >= 15 is 0 Å². The highest BCUT2D eigenvalue weighted by Crippen LogP contribution is 2.29. The van der Waals surface area contributed by atoms with Crippen molar-refractivity contribution in [1.29, 1.82) is 0 Å². The van der Waals surface area contributed by atoms with Crippen LogP contribution in [0.25, 0.3) is 0 Å². The third-order valence-corrected chi connectivity index (χ3v) is 3.54. The highest BCUT2D eigenvalue weighted by Gasteiger charge is 2.33. The Morgan fingerprint density at radius 3 is 2.38 bits per heavy atom. The molecular weight excluding hydrogens is 198 g/mol. The fourth-order valence-electron chi connectivity index (χ4n) is 2.34. The van der Waals surface area contributed by atoms with E-state index in [-0.39, 0.29) is 11.0 Å². The standard InChI is InChI=1S/C14H27NO/c1-13(2,3)10-8-12(16)15-11-7-6-9-14(15,4)5/h6-11H2,1-5H3. The smallest absolute Gasteiger partial charge is 0.223 e. The molecule has 0 aromatic rings. The Balaban J connectivity index is 2.52. The van der Waals surface area contributed by atoms with Crippen LogP contribution in [0.2, 0.25) is 0 Å². The molecular formula is C14H27NO. The SMILES string of the molecule is CC(C)(C)CCC(=O)N1CCCCC1(C)C. The number of likely N-dealkylation sites (tertiary alicyclic amines) is 1. The average molecular weight is 225 g/mol. The largest absolute Gasteiger partial charge is 0.338 e. The molecule has 0 aliphatic carbocycles. The Morgan fingerprint density at radius 1 is 1.25 bits per heavy atom. The second kappa shape index (κ2) is 4.77. The first-order chi connectivity index (χ1) is 7.22. The lowest BCUT2D eigenvalue weighted by Crippen LogP contribution is -2.50. The van der Waals surface area contributed by atoms with Crippen molar-refractivity contribution in [3.63, 3.8) is 0 Å². The molecule has 0 unspecified atom stereocenters. The maximum absolute atomic E-state index is 12.2. The first-order valence-electron chi connectivity index (χ1n) is 6.53. The Morgan fingerprint density at radius 2 is 1.88 bits per heavy atom.